The number of hydrogen-bond acceptors (Lipinski definition) is 3. The molecule has 43 heteroatoms. The van der Waals surface area contributed by atoms with E-state index in [0.29, 0.717) is 0 Å². The molecule has 3 nitrogen and oxygen atoms in total. The van der Waals surface area contributed by atoms with Crippen LogP contribution in [0, 0.1) is 5.41 Å². The van der Waals surface area contributed by atoms with Gasteiger partial charge in [0.05, 0.1) is 12.3 Å². The standard InChI is InChI=1S/C32H26F39NO2Si/c1-14(2,3)13-10-12(74-72-13)11-73-75(7-4-15(33,34)18(39,40)21(45,46)24(51,52)27(57,58)30(63,64)65,8-5-16(35,36)19(41,42)22(47,48)25(53,54)28(59,60)31(66,67)68)9-6-17(37,38)20(43,44)23(49,50)26(55,56)29(61,62)32(69,70)71/h12H,4-11H2,1-3H3. The van der Waals surface area contributed by atoms with Gasteiger partial charge in [-0.05, 0) is 18.1 Å². The molecule has 0 N–H and O–H groups in total. The van der Waals surface area contributed by atoms with Crippen molar-refractivity contribution >= 4 is 14.0 Å². The summed E-state index contributed by atoms with van der Waals surface area (Å²) < 4.78 is 546. The highest BCUT2D eigenvalue weighted by molar-refractivity contribution is 6.73. The van der Waals surface area contributed by atoms with E-state index >= 15 is 26.3 Å². The number of hydrogen-bond donors (Lipinski definition) is 0. The molecule has 0 aromatic carbocycles. The van der Waals surface area contributed by atoms with E-state index in [1.807, 2.05) is 0 Å². The lowest BCUT2D eigenvalue weighted by Gasteiger charge is -2.42. The van der Waals surface area contributed by atoms with E-state index in [4.69, 9.17) is 0 Å². The van der Waals surface area contributed by atoms with E-state index in [2.05, 4.69) is 14.4 Å². The van der Waals surface area contributed by atoms with Crippen LogP contribution in [0.25, 0.3) is 0 Å². The average molecular weight is 1230 g/mol. The largest absolute Gasteiger partial charge is 0.460 e. The summed E-state index contributed by atoms with van der Waals surface area (Å²) in [5, 5.41) is 3.21. The summed E-state index contributed by atoms with van der Waals surface area (Å²) >= 11 is 0. The number of alkyl halides is 39. The van der Waals surface area contributed by atoms with Crippen LogP contribution in [-0.4, -0.2) is 134 Å². The first kappa shape index (κ1) is 69.9. The van der Waals surface area contributed by atoms with Gasteiger partial charge in [-0.2, -0.15) is 171 Å². The third kappa shape index (κ3) is 11.1. The second-order valence-electron chi connectivity index (χ2n) is 17.2. The fourth-order valence-electron chi connectivity index (χ4n) is 5.85. The van der Waals surface area contributed by atoms with Crippen molar-refractivity contribution in [3.63, 3.8) is 0 Å². The molecule has 1 atom stereocenters. The fourth-order valence-corrected chi connectivity index (χ4v) is 9.88. The molecule has 0 amide bonds. The van der Waals surface area contributed by atoms with Gasteiger partial charge in [0.2, 0.25) is 0 Å². The molecule has 1 heterocycles. The van der Waals surface area contributed by atoms with E-state index in [1.165, 1.54) is 0 Å². The molecular weight excluding hydrogens is 1200 g/mol. The van der Waals surface area contributed by atoms with Crippen molar-refractivity contribution in [1.82, 2.24) is 0 Å². The van der Waals surface area contributed by atoms with Gasteiger partial charge in [-0.1, -0.05) is 25.9 Å². The number of rotatable bonds is 24. The molecule has 1 unspecified atom stereocenters. The Morgan fingerprint density at radius 2 is 0.573 bits per heavy atom. The maximum absolute atomic E-state index is 15.1. The monoisotopic (exact) mass is 1230 g/mol. The number of nitrogens with zero attached hydrogens (tertiary/aromatic N) is 1. The molecule has 1 rings (SSSR count). The Balaban J connectivity index is 4.43. The molecular formula is C32H26F39NO2Si. The van der Waals surface area contributed by atoms with Gasteiger partial charge in [-0.25, -0.2) is 0 Å². The zero-order chi connectivity index (χ0) is 60.9. The first-order chi connectivity index (χ1) is 32.1. The summed E-state index contributed by atoms with van der Waals surface area (Å²) in [6.45, 7) is 1.26. The van der Waals surface area contributed by atoms with Crippen LogP contribution in [0.4, 0.5) is 171 Å². The lowest BCUT2D eigenvalue weighted by Crippen LogP contribution is -2.70. The molecule has 0 radical (unpaired) electrons. The summed E-state index contributed by atoms with van der Waals surface area (Å²) in [5.41, 5.74) is -1.73. The van der Waals surface area contributed by atoms with Gasteiger partial charge < -0.3 is 9.26 Å². The van der Waals surface area contributed by atoms with Gasteiger partial charge in [-0.3, -0.25) is 0 Å². The van der Waals surface area contributed by atoms with Crippen LogP contribution >= 0.6 is 0 Å². The van der Waals surface area contributed by atoms with Gasteiger partial charge in [0.1, 0.15) is 0 Å². The number of oxime groups is 1. The first-order valence-corrected chi connectivity index (χ1v) is 21.3. The fraction of sp³-hybridized carbons (Fsp3) is 0.969. The Labute approximate surface area is 390 Å². The van der Waals surface area contributed by atoms with Crippen LogP contribution in [-0.2, 0) is 9.26 Å². The minimum absolute atomic E-state index is 0.386. The van der Waals surface area contributed by atoms with Crippen molar-refractivity contribution in [2.45, 2.75) is 178 Å². The molecule has 0 aliphatic carbocycles. The molecule has 0 fully saturated rings. The molecule has 0 spiro atoms. The van der Waals surface area contributed by atoms with Gasteiger partial charge in [0, 0.05) is 31.1 Å². The van der Waals surface area contributed by atoms with Crippen LogP contribution in [0.1, 0.15) is 46.5 Å². The zero-order valence-electron chi connectivity index (χ0n) is 35.7. The summed E-state index contributed by atoms with van der Waals surface area (Å²) in [7, 11) is -7.36. The molecule has 0 aromatic rings. The van der Waals surface area contributed by atoms with E-state index in [0.717, 1.165) is 20.8 Å². The highest BCUT2D eigenvalue weighted by atomic mass is 28.4. The number of halogens is 39. The van der Waals surface area contributed by atoms with Crippen molar-refractivity contribution in [1.29, 1.82) is 0 Å². The highest BCUT2D eigenvalue weighted by Crippen LogP contribution is 2.65. The van der Waals surface area contributed by atoms with Crippen molar-refractivity contribution < 1.29 is 180 Å². The zero-order valence-corrected chi connectivity index (χ0v) is 36.7. The third-order valence-electron chi connectivity index (χ3n) is 10.9. The maximum atomic E-state index is 15.1. The van der Waals surface area contributed by atoms with Gasteiger partial charge in [0.15, 0.2) is 14.4 Å². The first-order valence-electron chi connectivity index (χ1n) is 18.8. The lowest BCUT2D eigenvalue weighted by atomic mass is 9.87. The molecule has 1 aliphatic heterocycles. The van der Waals surface area contributed by atoms with E-state index in [-0.39, 0.29) is 5.71 Å². The lowest BCUT2D eigenvalue weighted by molar-refractivity contribution is -0.440. The van der Waals surface area contributed by atoms with Crippen LogP contribution in [0.3, 0.4) is 0 Å². The normalized spacial score (nSPS) is 18.4. The summed E-state index contributed by atoms with van der Waals surface area (Å²) in [6.07, 6.45) is -40.2. The Hall–Kier alpha value is -3.08. The maximum Gasteiger partial charge on any atom is 0.460 e. The summed E-state index contributed by atoms with van der Waals surface area (Å²) in [5.74, 6) is -128. The van der Waals surface area contributed by atoms with Crippen molar-refractivity contribution in [2.24, 2.45) is 10.6 Å². The second kappa shape index (κ2) is 19.3. The van der Waals surface area contributed by atoms with Gasteiger partial charge in [-0.15, -0.1) is 0 Å². The smallest absolute Gasteiger partial charge is 0.413 e. The molecule has 1 aliphatic rings. The van der Waals surface area contributed by atoms with E-state index in [1.54, 1.807) is 0 Å². The Bertz CT molecular complexity index is 1820. The molecule has 0 bridgehead atoms. The summed E-state index contributed by atoms with van der Waals surface area (Å²) in [4.78, 5) is 4.56. The summed E-state index contributed by atoms with van der Waals surface area (Å²) in [6, 6.07) is -10.4. The van der Waals surface area contributed by atoms with Crippen molar-refractivity contribution in [2.75, 3.05) is 6.61 Å². The molecule has 0 saturated heterocycles. The second-order valence-corrected chi connectivity index (χ2v) is 21.4. The van der Waals surface area contributed by atoms with Crippen LogP contribution in [0.5, 0.6) is 0 Å². The molecule has 0 aromatic heterocycles. The van der Waals surface area contributed by atoms with Crippen LogP contribution < -0.4 is 0 Å². The van der Waals surface area contributed by atoms with Crippen LogP contribution in [0.2, 0.25) is 18.1 Å². The molecule has 75 heavy (non-hydrogen) atoms. The van der Waals surface area contributed by atoms with Crippen LogP contribution in [0.15, 0.2) is 5.16 Å². The Morgan fingerprint density at radius 1 is 0.360 bits per heavy atom. The predicted molar refractivity (Wildman–Crippen MR) is 169 cm³/mol. The van der Waals surface area contributed by atoms with Gasteiger partial charge >= 0.3 is 107 Å². The molecule has 0 saturated carbocycles. The molecule has 448 valence electrons. The van der Waals surface area contributed by atoms with Gasteiger partial charge in [0.25, 0.3) is 0 Å². The topological polar surface area (TPSA) is 30.8 Å². The van der Waals surface area contributed by atoms with E-state index < -0.39 is 178 Å². The minimum atomic E-state index is -8.92. The predicted octanol–water partition coefficient (Wildman–Crippen LogP) is 16.5. The Morgan fingerprint density at radius 3 is 0.760 bits per heavy atom. The minimum Gasteiger partial charge on any atom is -0.413 e. The van der Waals surface area contributed by atoms with Crippen molar-refractivity contribution in [3.05, 3.63) is 0 Å². The highest BCUT2D eigenvalue weighted by Gasteiger charge is 2.93. The average Bonchev–Trinajstić information content (AvgIpc) is 3.68. The SMILES string of the molecule is CC(C)(C)C1=NOC(CO[Si](CCC(F)(F)C(F)(F)C(F)(F)C(F)(F)C(F)(F)C(F)(F)F)(CCC(F)(F)C(F)(F)C(F)(F)C(F)(F)C(F)(F)C(F)(F)F)CCC(F)(F)C(F)(F)C(F)(F)C(F)(F)C(F)(F)C(F)(F)F)C1. The third-order valence-corrected chi connectivity index (χ3v) is 15.1. The quantitative estimate of drug-likeness (QED) is 0.0712. The van der Waals surface area contributed by atoms with E-state index in [9.17, 15) is 145 Å². The van der Waals surface area contributed by atoms with Crippen molar-refractivity contribution in [3.8, 4) is 0 Å². The Kier molecular flexibility index (Phi) is 18.0.